The maximum atomic E-state index is 13.1. The Bertz CT molecular complexity index is 1280. The number of rotatable bonds is 6. The van der Waals surface area contributed by atoms with Crippen LogP contribution in [0, 0.1) is 23.2 Å². The quantitative estimate of drug-likeness (QED) is 0.426. The summed E-state index contributed by atoms with van der Waals surface area (Å²) in [5, 5.41) is 4.71. The van der Waals surface area contributed by atoms with Crippen molar-refractivity contribution in [1.29, 1.82) is 0 Å². The third-order valence-corrected chi connectivity index (χ3v) is 8.93. The number of nitrogens with one attached hydrogen (secondary N) is 1. The summed E-state index contributed by atoms with van der Waals surface area (Å²) < 4.78 is 6.89. The van der Waals surface area contributed by atoms with Gasteiger partial charge in [-0.15, -0.1) is 0 Å². The van der Waals surface area contributed by atoms with Crippen molar-refractivity contribution in [2.24, 2.45) is 23.2 Å². The number of hydrogen-bond donors (Lipinski definition) is 1. The van der Waals surface area contributed by atoms with Crippen molar-refractivity contribution >= 4 is 34.4 Å². The van der Waals surface area contributed by atoms with Crippen molar-refractivity contribution < 1.29 is 14.3 Å². The van der Waals surface area contributed by atoms with Crippen molar-refractivity contribution in [3.8, 4) is 0 Å². The first-order valence-corrected chi connectivity index (χ1v) is 13.0. The Morgan fingerprint density at radius 2 is 1.74 bits per heavy atom. The Kier molecular flexibility index (Phi) is 5.63. The molecule has 5 nitrogen and oxygen atoms in total. The van der Waals surface area contributed by atoms with Crippen molar-refractivity contribution in [3.05, 3.63) is 70.4 Å². The van der Waals surface area contributed by atoms with Crippen LogP contribution in [-0.2, 0) is 11.3 Å². The van der Waals surface area contributed by atoms with Gasteiger partial charge in [0.05, 0.1) is 17.7 Å². The van der Waals surface area contributed by atoms with Crippen molar-refractivity contribution in [2.45, 2.75) is 45.1 Å². The SMILES string of the molecule is COC(=O)c1ccc(Cn2ccc3cc(C(=O)NCC45CC6CC(CC(C6)C4)C5)ccc32)cc1Cl. The number of esters is 1. The second-order valence-corrected chi connectivity index (χ2v) is 11.5. The van der Waals surface area contributed by atoms with Gasteiger partial charge in [-0.2, -0.15) is 0 Å². The Labute approximate surface area is 210 Å². The summed E-state index contributed by atoms with van der Waals surface area (Å²) in [4.78, 5) is 24.8. The highest BCUT2D eigenvalue weighted by atomic mass is 35.5. The van der Waals surface area contributed by atoms with E-state index in [-0.39, 0.29) is 5.91 Å². The molecule has 0 unspecified atom stereocenters. The number of hydrogen-bond acceptors (Lipinski definition) is 3. The number of carbonyl (C=O) groups excluding carboxylic acids is 2. The third kappa shape index (κ3) is 4.24. The van der Waals surface area contributed by atoms with E-state index < -0.39 is 5.97 Å². The highest BCUT2D eigenvalue weighted by molar-refractivity contribution is 6.33. The molecular formula is C29H31ClN2O3. The van der Waals surface area contributed by atoms with Gasteiger partial charge in [-0.05, 0) is 104 Å². The largest absolute Gasteiger partial charge is 0.465 e. The molecular weight excluding hydrogens is 460 g/mol. The molecule has 4 bridgehead atoms. The minimum Gasteiger partial charge on any atom is -0.465 e. The molecule has 182 valence electrons. The molecule has 1 amide bonds. The number of fused-ring (bicyclic) bond motifs is 1. The summed E-state index contributed by atoms with van der Waals surface area (Å²) in [5.74, 6) is 2.25. The fourth-order valence-corrected chi connectivity index (χ4v) is 7.77. The van der Waals surface area contributed by atoms with E-state index in [2.05, 4.69) is 9.88 Å². The lowest BCUT2D eigenvalue weighted by molar-refractivity contribution is -0.0503. The van der Waals surface area contributed by atoms with Crippen LogP contribution in [0.3, 0.4) is 0 Å². The molecule has 1 N–H and O–H groups in total. The first-order valence-electron chi connectivity index (χ1n) is 12.7. The fraction of sp³-hybridized carbons (Fsp3) is 0.448. The molecule has 6 heteroatoms. The standard InChI is InChI=1S/C29H31ClN2O3/c1-35-28(34)24-4-2-18(11-25(24)30)16-32-7-6-22-12-23(3-5-26(22)32)27(33)31-17-29-13-19-8-20(14-29)10-21(9-19)15-29/h2-7,11-12,19-21H,8-10,13-17H2,1H3,(H,31,33). The molecule has 7 rings (SSSR count). The average Bonchev–Trinajstić information content (AvgIpc) is 3.23. The zero-order valence-corrected chi connectivity index (χ0v) is 20.8. The van der Waals surface area contributed by atoms with Gasteiger partial charge in [-0.1, -0.05) is 17.7 Å². The van der Waals surface area contributed by atoms with Crippen molar-refractivity contribution in [2.75, 3.05) is 13.7 Å². The van der Waals surface area contributed by atoms with Gasteiger partial charge in [0.2, 0.25) is 0 Å². The summed E-state index contributed by atoms with van der Waals surface area (Å²) in [6.45, 7) is 1.43. The Morgan fingerprint density at radius 1 is 1.03 bits per heavy atom. The van der Waals surface area contributed by atoms with Crippen molar-refractivity contribution in [3.63, 3.8) is 0 Å². The fourth-order valence-electron chi connectivity index (χ4n) is 7.48. The van der Waals surface area contributed by atoms with Gasteiger partial charge in [0.25, 0.3) is 5.91 Å². The number of aromatic nitrogens is 1. The lowest BCUT2D eigenvalue weighted by Gasteiger charge is -2.56. The van der Waals surface area contributed by atoms with Gasteiger partial charge in [-0.25, -0.2) is 4.79 Å². The number of amides is 1. The van der Waals surface area contributed by atoms with Gasteiger partial charge in [0.1, 0.15) is 0 Å². The van der Waals surface area contributed by atoms with Gasteiger partial charge < -0.3 is 14.6 Å². The molecule has 0 aliphatic heterocycles. The molecule has 35 heavy (non-hydrogen) atoms. The third-order valence-electron chi connectivity index (χ3n) is 8.61. The van der Waals surface area contributed by atoms with Crippen LogP contribution in [0.25, 0.3) is 10.9 Å². The van der Waals surface area contributed by atoms with E-state index in [0.717, 1.165) is 40.8 Å². The zero-order valence-electron chi connectivity index (χ0n) is 20.1. The summed E-state index contributed by atoms with van der Waals surface area (Å²) in [5.41, 5.74) is 3.45. The van der Waals surface area contributed by atoms with Crippen LogP contribution in [0.5, 0.6) is 0 Å². The molecule has 0 saturated heterocycles. The summed E-state index contributed by atoms with van der Waals surface area (Å²) in [6, 6.07) is 13.3. The molecule has 1 aromatic heterocycles. The molecule has 4 saturated carbocycles. The highest BCUT2D eigenvalue weighted by Gasteiger charge is 2.50. The Morgan fingerprint density at radius 3 is 2.40 bits per heavy atom. The molecule has 0 spiro atoms. The van der Waals surface area contributed by atoms with E-state index in [1.165, 1.54) is 45.6 Å². The van der Waals surface area contributed by atoms with Crippen molar-refractivity contribution in [1.82, 2.24) is 9.88 Å². The zero-order chi connectivity index (χ0) is 24.2. The molecule has 0 radical (unpaired) electrons. The minimum absolute atomic E-state index is 0.0283. The topological polar surface area (TPSA) is 60.3 Å². The van der Waals surface area contributed by atoms with Gasteiger partial charge in [0.15, 0.2) is 0 Å². The molecule has 4 aliphatic carbocycles. The maximum absolute atomic E-state index is 13.1. The smallest absolute Gasteiger partial charge is 0.339 e. The maximum Gasteiger partial charge on any atom is 0.339 e. The predicted molar refractivity (Wildman–Crippen MR) is 137 cm³/mol. The Hall–Kier alpha value is -2.79. The van der Waals surface area contributed by atoms with Gasteiger partial charge in [-0.3, -0.25) is 4.79 Å². The second-order valence-electron chi connectivity index (χ2n) is 11.1. The summed E-state index contributed by atoms with van der Waals surface area (Å²) in [6.07, 6.45) is 10.2. The van der Waals surface area contributed by atoms with Crippen LogP contribution < -0.4 is 5.32 Å². The number of carbonyl (C=O) groups is 2. The van der Waals surface area contributed by atoms with E-state index in [9.17, 15) is 9.59 Å². The number of nitrogens with zero attached hydrogens (tertiary/aromatic N) is 1. The number of halogens is 1. The summed E-state index contributed by atoms with van der Waals surface area (Å²) >= 11 is 6.29. The van der Waals surface area contributed by atoms with Crippen LogP contribution in [0.2, 0.25) is 5.02 Å². The monoisotopic (exact) mass is 490 g/mol. The van der Waals surface area contributed by atoms with Crippen LogP contribution in [0.1, 0.15) is 64.8 Å². The van der Waals surface area contributed by atoms with E-state index in [4.69, 9.17) is 16.3 Å². The lowest BCUT2D eigenvalue weighted by atomic mass is 9.49. The van der Waals surface area contributed by atoms with Crippen LogP contribution >= 0.6 is 11.6 Å². The molecule has 4 fully saturated rings. The van der Waals surface area contributed by atoms with Crippen LogP contribution in [-0.4, -0.2) is 30.1 Å². The molecule has 4 aliphatic rings. The highest BCUT2D eigenvalue weighted by Crippen LogP contribution is 2.59. The first kappa shape index (κ1) is 22.7. The number of ether oxygens (including phenoxy) is 1. The predicted octanol–water partition coefficient (Wildman–Crippen LogP) is 6.08. The number of benzene rings is 2. The van der Waals surface area contributed by atoms with E-state index in [0.29, 0.717) is 28.1 Å². The van der Waals surface area contributed by atoms with E-state index in [1.807, 2.05) is 36.5 Å². The second kappa shape index (κ2) is 8.70. The molecule has 1 heterocycles. The minimum atomic E-state index is -0.443. The molecule has 0 atom stereocenters. The normalized spacial score (nSPS) is 26.7. The molecule has 2 aromatic carbocycles. The van der Waals surface area contributed by atoms with E-state index >= 15 is 0 Å². The first-order chi connectivity index (χ1) is 16.9. The average molecular weight is 491 g/mol. The van der Waals surface area contributed by atoms with E-state index in [1.54, 1.807) is 12.1 Å². The summed E-state index contributed by atoms with van der Waals surface area (Å²) in [7, 11) is 1.34. The molecule has 3 aromatic rings. The van der Waals surface area contributed by atoms with Gasteiger partial charge >= 0.3 is 5.97 Å². The Balaban J connectivity index is 1.14. The lowest BCUT2D eigenvalue weighted by Crippen LogP contribution is -2.51. The number of methoxy groups -OCH3 is 1. The van der Waals surface area contributed by atoms with Gasteiger partial charge in [0, 0.05) is 35.8 Å². The van der Waals surface area contributed by atoms with Crippen LogP contribution in [0.15, 0.2) is 48.7 Å². The van der Waals surface area contributed by atoms with Crippen LogP contribution in [0.4, 0.5) is 0 Å².